The summed E-state index contributed by atoms with van der Waals surface area (Å²) in [6.07, 6.45) is 0.696. The average Bonchev–Trinajstić information content (AvgIpc) is 2.37. The Balaban J connectivity index is 2.41. The average molecular weight is 307 g/mol. The number of carbonyl (C=O) groups is 1. The van der Waals surface area contributed by atoms with Crippen molar-refractivity contribution in [2.24, 2.45) is 0 Å². The van der Waals surface area contributed by atoms with Gasteiger partial charge in [-0.05, 0) is 49.4 Å². The maximum Gasteiger partial charge on any atom is 0.446 e. The number of carbonyl (C=O) groups excluding carboxylic acids is 1. The Kier molecular flexibility index (Phi) is 6.87. The van der Waals surface area contributed by atoms with Crippen molar-refractivity contribution in [3.63, 3.8) is 0 Å². The van der Waals surface area contributed by atoms with Gasteiger partial charge in [0.25, 0.3) is 5.91 Å². The van der Waals surface area contributed by atoms with Crippen molar-refractivity contribution < 1.29 is 22.7 Å². The molecule has 7 heteroatoms. The normalized spacial score (nSPS) is 11.4. The molecule has 1 amide bonds. The number of hydrogen-bond donors (Lipinski definition) is 1. The van der Waals surface area contributed by atoms with Gasteiger partial charge in [0, 0.05) is 30.2 Å². The molecule has 0 unspecified atom stereocenters. The Bertz CT molecular complexity index is 421. The van der Waals surface area contributed by atoms with E-state index >= 15 is 0 Å². The van der Waals surface area contributed by atoms with Crippen LogP contribution in [0.4, 0.5) is 13.2 Å². The molecule has 0 spiro atoms. The summed E-state index contributed by atoms with van der Waals surface area (Å²) in [4.78, 5) is 11.8. The maximum absolute atomic E-state index is 12.1. The van der Waals surface area contributed by atoms with Crippen molar-refractivity contribution in [3.05, 3.63) is 29.8 Å². The molecule has 20 heavy (non-hydrogen) atoms. The van der Waals surface area contributed by atoms with Gasteiger partial charge in [0.2, 0.25) is 0 Å². The van der Waals surface area contributed by atoms with Crippen LogP contribution in [-0.4, -0.2) is 31.2 Å². The third-order valence-electron chi connectivity index (χ3n) is 2.31. The van der Waals surface area contributed by atoms with Crippen LogP contribution in [0.5, 0.6) is 0 Å². The van der Waals surface area contributed by atoms with Crippen LogP contribution in [-0.2, 0) is 4.74 Å². The summed E-state index contributed by atoms with van der Waals surface area (Å²) >= 11 is -0.200. The highest BCUT2D eigenvalue weighted by atomic mass is 32.2. The zero-order valence-corrected chi connectivity index (χ0v) is 11.8. The minimum atomic E-state index is -4.32. The molecule has 0 saturated carbocycles. The van der Waals surface area contributed by atoms with Crippen molar-refractivity contribution in [2.45, 2.75) is 23.7 Å². The number of nitrogens with one attached hydrogen (secondary N) is 1. The molecule has 1 rings (SSSR count). The molecule has 1 N–H and O–H groups in total. The van der Waals surface area contributed by atoms with Crippen molar-refractivity contribution in [1.29, 1.82) is 0 Å². The number of alkyl halides is 3. The molecule has 0 bridgehead atoms. The molecule has 0 radical (unpaired) electrons. The van der Waals surface area contributed by atoms with Gasteiger partial charge in [0.1, 0.15) is 0 Å². The predicted molar refractivity (Wildman–Crippen MR) is 71.8 cm³/mol. The van der Waals surface area contributed by atoms with Crippen molar-refractivity contribution in [3.8, 4) is 0 Å². The first-order valence-electron chi connectivity index (χ1n) is 6.14. The monoisotopic (exact) mass is 307 g/mol. The van der Waals surface area contributed by atoms with Gasteiger partial charge < -0.3 is 10.1 Å². The van der Waals surface area contributed by atoms with Gasteiger partial charge >= 0.3 is 5.51 Å². The third kappa shape index (κ3) is 6.81. The second-order valence-corrected chi connectivity index (χ2v) is 5.02. The minimum Gasteiger partial charge on any atom is -0.382 e. The minimum absolute atomic E-state index is 0.0606. The number of rotatable bonds is 7. The van der Waals surface area contributed by atoms with E-state index in [1.807, 2.05) is 6.92 Å². The van der Waals surface area contributed by atoms with Crippen LogP contribution >= 0.6 is 11.8 Å². The molecule has 0 atom stereocenters. The van der Waals surface area contributed by atoms with E-state index in [4.69, 9.17) is 4.74 Å². The van der Waals surface area contributed by atoms with E-state index < -0.39 is 5.51 Å². The van der Waals surface area contributed by atoms with Crippen molar-refractivity contribution in [2.75, 3.05) is 19.8 Å². The molecule has 0 heterocycles. The topological polar surface area (TPSA) is 38.3 Å². The summed E-state index contributed by atoms with van der Waals surface area (Å²) in [5.74, 6) is -0.301. The lowest BCUT2D eigenvalue weighted by Gasteiger charge is -2.07. The predicted octanol–water partition coefficient (Wildman–Crippen LogP) is 3.45. The molecule has 0 aliphatic heterocycles. The van der Waals surface area contributed by atoms with Gasteiger partial charge in [0.05, 0.1) is 0 Å². The molecule has 0 aromatic heterocycles. The van der Waals surface area contributed by atoms with Gasteiger partial charge in [-0.1, -0.05) is 0 Å². The number of amides is 1. The lowest BCUT2D eigenvalue weighted by molar-refractivity contribution is -0.0328. The zero-order chi connectivity index (χ0) is 15.0. The Labute approximate surface area is 119 Å². The fraction of sp³-hybridized carbons (Fsp3) is 0.462. The summed E-state index contributed by atoms with van der Waals surface area (Å²) < 4.78 is 41.5. The number of hydrogen-bond acceptors (Lipinski definition) is 3. The largest absolute Gasteiger partial charge is 0.446 e. The van der Waals surface area contributed by atoms with Gasteiger partial charge in [-0.3, -0.25) is 4.79 Å². The number of thioether (sulfide) groups is 1. The third-order valence-corrected chi connectivity index (χ3v) is 3.04. The van der Waals surface area contributed by atoms with E-state index in [0.717, 1.165) is 0 Å². The number of ether oxygens (including phenoxy) is 1. The number of benzene rings is 1. The Hall–Kier alpha value is -1.21. The van der Waals surface area contributed by atoms with Crippen LogP contribution in [0, 0.1) is 0 Å². The van der Waals surface area contributed by atoms with Crippen molar-refractivity contribution >= 4 is 17.7 Å². The summed E-state index contributed by atoms with van der Waals surface area (Å²) in [5.41, 5.74) is -3.98. The molecular formula is C13H16F3NO2S. The van der Waals surface area contributed by atoms with Crippen LogP contribution in [0.2, 0.25) is 0 Å². The van der Waals surface area contributed by atoms with E-state index in [-0.39, 0.29) is 22.6 Å². The maximum atomic E-state index is 12.1. The Morgan fingerprint density at radius 1 is 1.30 bits per heavy atom. The Morgan fingerprint density at radius 2 is 1.95 bits per heavy atom. The van der Waals surface area contributed by atoms with Gasteiger partial charge in [-0.25, -0.2) is 0 Å². The highest BCUT2D eigenvalue weighted by molar-refractivity contribution is 8.00. The SMILES string of the molecule is CCOCCCNC(=O)c1ccc(SC(F)(F)F)cc1. The van der Waals surface area contributed by atoms with Crippen LogP contribution in [0.1, 0.15) is 23.7 Å². The van der Waals surface area contributed by atoms with E-state index in [1.165, 1.54) is 24.3 Å². The van der Waals surface area contributed by atoms with Gasteiger partial charge in [0.15, 0.2) is 0 Å². The van der Waals surface area contributed by atoms with E-state index in [9.17, 15) is 18.0 Å². The van der Waals surface area contributed by atoms with Crippen LogP contribution in [0.25, 0.3) is 0 Å². The van der Waals surface area contributed by atoms with Crippen LogP contribution in [0.3, 0.4) is 0 Å². The van der Waals surface area contributed by atoms with Gasteiger partial charge in [-0.2, -0.15) is 13.2 Å². The van der Waals surface area contributed by atoms with Gasteiger partial charge in [-0.15, -0.1) is 0 Å². The lowest BCUT2D eigenvalue weighted by Crippen LogP contribution is -2.25. The van der Waals surface area contributed by atoms with E-state index in [2.05, 4.69) is 5.32 Å². The molecule has 0 aliphatic carbocycles. The highest BCUT2D eigenvalue weighted by Gasteiger charge is 2.29. The molecule has 0 aliphatic rings. The first-order chi connectivity index (χ1) is 9.42. The molecule has 1 aromatic carbocycles. The second kappa shape index (κ2) is 8.16. The smallest absolute Gasteiger partial charge is 0.382 e. The summed E-state index contributed by atoms with van der Waals surface area (Å²) in [6, 6.07) is 5.33. The molecule has 0 fully saturated rings. The molecular weight excluding hydrogens is 291 g/mol. The second-order valence-electron chi connectivity index (χ2n) is 3.88. The first kappa shape index (κ1) is 16.8. The number of halogens is 3. The van der Waals surface area contributed by atoms with Crippen LogP contribution in [0.15, 0.2) is 29.2 Å². The fourth-order valence-electron chi connectivity index (χ4n) is 1.43. The molecule has 3 nitrogen and oxygen atoms in total. The lowest BCUT2D eigenvalue weighted by atomic mass is 10.2. The summed E-state index contributed by atoms with van der Waals surface area (Å²) in [5, 5.41) is 2.68. The van der Waals surface area contributed by atoms with E-state index in [0.29, 0.717) is 31.7 Å². The van der Waals surface area contributed by atoms with Crippen LogP contribution < -0.4 is 5.32 Å². The molecule has 0 saturated heterocycles. The molecule has 112 valence electrons. The summed E-state index contributed by atoms with van der Waals surface area (Å²) in [7, 11) is 0. The standard InChI is InChI=1S/C13H16F3NO2S/c1-2-19-9-3-8-17-12(18)10-4-6-11(7-5-10)20-13(14,15)16/h4-7H,2-3,8-9H2,1H3,(H,17,18). The fourth-order valence-corrected chi connectivity index (χ4v) is 1.97. The van der Waals surface area contributed by atoms with E-state index in [1.54, 1.807) is 0 Å². The molecule has 1 aromatic rings. The zero-order valence-electron chi connectivity index (χ0n) is 11.0. The summed E-state index contributed by atoms with van der Waals surface area (Å²) in [6.45, 7) is 3.56. The highest BCUT2D eigenvalue weighted by Crippen LogP contribution is 2.36. The Morgan fingerprint density at radius 3 is 2.50 bits per heavy atom. The quantitative estimate of drug-likeness (QED) is 0.619. The first-order valence-corrected chi connectivity index (χ1v) is 6.96. The van der Waals surface area contributed by atoms with Crippen molar-refractivity contribution in [1.82, 2.24) is 5.32 Å².